The van der Waals surface area contributed by atoms with Gasteiger partial charge in [0, 0.05) is 17.7 Å². The standard InChI is InChI=1S/C23H18FN3O6/c1-13-9-20-25-17(11-21(28)27(20)33-13)12-32-23(30)15-5-8-19(31-2)18(10-15)26-22(29)14-3-6-16(24)7-4-14/h3-11H,12H2,1-2H3,(H,26,29). The number of methoxy groups -OCH3 is 1. The van der Waals surface area contributed by atoms with Gasteiger partial charge in [-0.1, -0.05) is 0 Å². The van der Waals surface area contributed by atoms with E-state index in [0.717, 1.165) is 4.57 Å². The number of carbonyl (C=O) groups is 2. The second-order valence-corrected chi connectivity index (χ2v) is 7.04. The van der Waals surface area contributed by atoms with Crippen LogP contribution in [0.15, 0.2) is 63.9 Å². The van der Waals surface area contributed by atoms with E-state index in [9.17, 15) is 18.8 Å². The molecule has 2 aromatic carbocycles. The van der Waals surface area contributed by atoms with Gasteiger partial charge < -0.3 is 19.3 Å². The van der Waals surface area contributed by atoms with Gasteiger partial charge in [0.15, 0.2) is 5.65 Å². The number of fused-ring (bicyclic) bond motifs is 1. The van der Waals surface area contributed by atoms with E-state index in [0.29, 0.717) is 17.2 Å². The molecule has 9 nitrogen and oxygen atoms in total. The highest BCUT2D eigenvalue weighted by molar-refractivity contribution is 6.05. The number of hydrogen-bond donors (Lipinski definition) is 1. The Morgan fingerprint density at radius 3 is 2.55 bits per heavy atom. The number of esters is 1. The summed E-state index contributed by atoms with van der Waals surface area (Å²) in [5.41, 5.74) is 0.729. The summed E-state index contributed by atoms with van der Waals surface area (Å²) < 4.78 is 29.9. The van der Waals surface area contributed by atoms with Crippen molar-refractivity contribution in [3.8, 4) is 5.75 Å². The molecule has 33 heavy (non-hydrogen) atoms. The molecule has 10 heteroatoms. The smallest absolute Gasteiger partial charge is 0.338 e. The molecule has 2 heterocycles. The third-order valence-corrected chi connectivity index (χ3v) is 4.67. The molecule has 0 aliphatic rings. The summed E-state index contributed by atoms with van der Waals surface area (Å²) in [5, 5.41) is 2.64. The van der Waals surface area contributed by atoms with Crippen LogP contribution in [-0.4, -0.2) is 28.5 Å². The van der Waals surface area contributed by atoms with Crippen LogP contribution in [-0.2, 0) is 11.3 Å². The van der Waals surface area contributed by atoms with Gasteiger partial charge in [0.05, 0.1) is 24.1 Å². The molecule has 0 aliphatic heterocycles. The second kappa shape index (κ2) is 8.95. The van der Waals surface area contributed by atoms with Crippen molar-refractivity contribution in [2.24, 2.45) is 0 Å². The van der Waals surface area contributed by atoms with E-state index < -0.39 is 23.3 Å². The lowest BCUT2D eigenvalue weighted by Crippen LogP contribution is -2.15. The monoisotopic (exact) mass is 451 g/mol. The van der Waals surface area contributed by atoms with Gasteiger partial charge in [0.2, 0.25) is 0 Å². The average Bonchev–Trinajstić information content (AvgIpc) is 3.18. The van der Waals surface area contributed by atoms with E-state index in [2.05, 4.69) is 10.3 Å². The quantitative estimate of drug-likeness (QED) is 0.448. The molecule has 1 N–H and O–H groups in total. The van der Waals surface area contributed by atoms with Crippen molar-refractivity contribution in [1.82, 2.24) is 9.56 Å². The number of benzene rings is 2. The van der Waals surface area contributed by atoms with Crippen LogP contribution in [0.25, 0.3) is 5.65 Å². The van der Waals surface area contributed by atoms with Crippen LogP contribution >= 0.6 is 0 Å². The van der Waals surface area contributed by atoms with Crippen LogP contribution in [0, 0.1) is 12.7 Å². The SMILES string of the molecule is COc1ccc(C(=O)OCc2cc(=O)n3oc(C)cc3n2)cc1NC(=O)c1ccc(F)cc1. The summed E-state index contributed by atoms with van der Waals surface area (Å²) in [6.45, 7) is 1.45. The summed E-state index contributed by atoms with van der Waals surface area (Å²) in [6, 6.07) is 12.2. The van der Waals surface area contributed by atoms with Crippen LogP contribution in [0.4, 0.5) is 10.1 Å². The minimum Gasteiger partial charge on any atom is -0.495 e. The van der Waals surface area contributed by atoms with Gasteiger partial charge in [-0.2, -0.15) is 0 Å². The van der Waals surface area contributed by atoms with E-state index in [1.807, 2.05) is 0 Å². The first kappa shape index (κ1) is 21.8. The van der Waals surface area contributed by atoms with Crippen LogP contribution in [0.3, 0.4) is 0 Å². The minimum absolute atomic E-state index is 0.141. The van der Waals surface area contributed by atoms with Crippen molar-refractivity contribution in [2.75, 3.05) is 12.4 Å². The van der Waals surface area contributed by atoms with Crippen LogP contribution in [0.1, 0.15) is 32.2 Å². The number of nitrogens with zero attached hydrogens (tertiary/aromatic N) is 2. The number of carbonyl (C=O) groups excluding carboxylic acids is 2. The molecule has 168 valence electrons. The number of amides is 1. The summed E-state index contributed by atoms with van der Waals surface area (Å²) in [7, 11) is 1.42. The third kappa shape index (κ3) is 4.74. The molecule has 0 radical (unpaired) electrons. The van der Waals surface area contributed by atoms with Crippen LogP contribution in [0.5, 0.6) is 5.75 Å². The highest BCUT2D eigenvalue weighted by Gasteiger charge is 2.16. The van der Waals surface area contributed by atoms with Crippen LogP contribution in [0.2, 0.25) is 0 Å². The first-order valence-electron chi connectivity index (χ1n) is 9.76. The maximum absolute atomic E-state index is 13.1. The molecule has 1 amide bonds. The van der Waals surface area contributed by atoms with Crippen molar-refractivity contribution >= 4 is 23.2 Å². The Morgan fingerprint density at radius 2 is 1.82 bits per heavy atom. The van der Waals surface area contributed by atoms with Gasteiger partial charge in [-0.05, 0) is 49.4 Å². The van der Waals surface area contributed by atoms with E-state index >= 15 is 0 Å². The first-order valence-corrected chi connectivity index (χ1v) is 9.76. The van der Waals surface area contributed by atoms with E-state index in [1.165, 1.54) is 55.6 Å². The largest absolute Gasteiger partial charge is 0.495 e. The second-order valence-electron chi connectivity index (χ2n) is 7.04. The fourth-order valence-corrected chi connectivity index (χ4v) is 3.10. The Hall–Kier alpha value is -4.47. The lowest BCUT2D eigenvalue weighted by atomic mass is 10.1. The number of rotatable bonds is 6. The van der Waals surface area contributed by atoms with Crippen molar-refractivity contribution in [3.05, 3.63) is 93.3 Å². The van der Waals surface area contributed by atoms with Crippen molar-refractivity contribution in [3.63, 3.8) is 0 Å². The number of aryl methyl sites for hydroxylation is 1. The average molecular weight is 451 g/mol. The number of anilines is 1. The lowest BCUT2D eigenvalue weighted by molar-refractivity contribution is 0.0467. The zero-order valence-electron chi connectivity index (χ0n) is 17.6. The number of hydrogen-bond acceptors (Lipinski definition) is 7. The number of ether oxygens (including phenoxy) is 2. The fourth-order valence-electron chi connectivity index (χ4n) is 3.10. The third-order valence-electron chi connectivity index (χ3n) is 4.67. The van der Waals surface area contributed by atoms with Gasteiger partial charge in [-0.25, -0.2) is 14.2 Å². The predicted octanol–water partition coefficient (Wildman–Crippen LogP) is 3.35. The molecule has 0 fully saturated rings. The lowest BCUT2D eigenvalue weighted by Gasteiger charge is -2.12. The van der Waals surface area contributed by atoms with E-state index in [-0.39, 0.29) is 29.1 Å². The van der Waals surface area contributed by atoms with Gasteiger partial charge >= 0.3 is 5.97 Å². The molecule has 0 bridgehead atoms. The maximum Gasteiger partial charge on any atom is 0.338 e. The zero-order chi connectivity index (χ0) is 23.5. The molecule has 0 spiro atoms. The highest BCUT2D eigenvalue weighted by Crippen LogP contribution is 2.26. The highest BCUT2D eigenvalue weighted by atomic mass is 19.1. The van der Waals surface area contributed by atoms with Gasteiger partial charge in [0.25, 0.3) is 11.5 Å². The number of halogens is 1. The van der Waals surface area contributed by atoms with E-state index in [1.54, 1.807) is 13.0 Å². The van der Waals surface area contributed by atoms with Gasteiger partial charge in [-0.15, -0.1) is 4.57 Å². The van der Waals surface area contributed by atoms with Crippen LogP contribution < -0.4 is 15.6 Å². The fraction of sp³-hybridized carbons (Fsp3) is 0.130. The predicted molar refractivity (Wildman–Crippen MR) is 115 cm³/mol. The molecule has 4 rings (SSSR count). The van der Waals surface area contributed by atoms with Gasteiger partial charge in [0.1, 0.15) is 23.9 Å². The summed E-state index contributed by atoms with van der Waals surface area (Å²) in [5.74, 6) is -0.833. The summed E-state index contributed by atoms with van der Waals surface area (Å²) in [4.78, 5) is 41.4. The molecule has 0 aliphatic carbocycles. The number of nitrogens with one attached hydrogen (secondary N) is 1. The molecule has 0 atom stereocenters. The molecule has 0 saturated carbocycles. The molecule has 4 aromatic rings. The Bertz CT molecular complexity index is 1410. The normalized spacial score (nSPS) is 10.8. The molecule has 0 unspecified atom stereocenters. The maximum atomic E-state index is 13.1. The molecule has 0 saturated heterocycles. The van der Waals surface area contributed by atoms with Crippen molar-refractivity contribution in [1.29, 1.82) is 0 Å². The number of aromatic nitrogens is 2. The Labute approximate surface area is 186 Å². The van der Waals surface area contributed by atoms with Gasteiger partial charge in [-0.3, -0.25) is 9.59 Å². The summed E-state index contributed by atoms with van der Waals surface area (Å²) in [6.07, 6.45) is 0. The van der Waals surface area contributed by atoms with E-state index in [4.69, 9.17) is 14.0 Å². The molecule has 2 aromatic heterocycles. The summed E-state index contributed by atoms with van der Waals surface area (Å²) >= 11 is 0. The Morgan fingerprint density at radius 1 is 1.09 bits per heavy atom. The molecular formula is C23H18FN3O6. The van der Waals surface area contributed by atoms with Crippen molar-refractivity contribution in [2.45, 2.75) is 13.5 Å². The van der Waals surface area contributed by atoms with Crippen molar-refractivity contribution < 1.29 is 28.0 Å². The molecular weight excluding hydrogens is 433 g/mol. The zero-order valence-corrected chi connectivity index (χ0v) is 17.6. The first-order chi connectivity index (χ1) is 15.8. The Balaban J connectivity index is 1.50. The topological polar surface area (TPSA) is 112 Å². The Kier molecular flexibility index (Phi) is 5.90. The minimum atomic E-state index is -0.694.